The largest absolute Gasteiger partial charge is 0.346 e. The van der Waals surface area contributed by atoms with Gasteiger partial charge < -0.3 is 5.32 Å². The standard InChI is InChI=1S/C14H12FNS/c1-10-5-7-13(8-6-10)16-14(17)11-3-2-4-12(15)9-11/h2-9H,1H3,(H,16,17). The van der Waals surface area contributed by atoms with Crippen molar-refractivity contribution < 1.29 is 4.39 Å². The zero-order chi connectivity index (χ0) is 12.3. The van der Waals surface area contributed by atoms with Gasteiger partial charge in [0, 0.05) is 11.3 Å². The van der Waals surface area contributed by atoms with E-state index in [1.54, 1.807) is 12.1 Å². The van der Waals surface area contributed by atoms with E-state index >= 15 is 0 Å². The molecule has 0 aliphatic heterocycles. The molecule has 0 aliphatic rings. The van der Waals surface area contributed by atoms with Crippen molar-refractivity contribution >= 4 is 22.9 Å². The first-order valence-electron chi connectivity index (χ1n) is 5.29. The molecule has 86 valence electrons. The summed E-state index contributed by atoms with van der Waals surface area (Å²) in [5, 5.41) is 3.08. The molecule has 0 saturated carbocycles. The third-order valence-corrected chi connectivity index (χ3v) is 2.73. The molecular weight excluding hydrogens is 233 g/mol. The molecule has 2 rings (SSSR count). The lowest BCUT2D eigenvalue weighted by Gasteiger charge is -2.08. The Hall–Kier alpha value is -1.74. The molecule has 0 unspecified atom stereocenters. The quantitative estimate of drug-likeness (QED) is 0.805. The molecular formula is C14H12FNS. The van der Waals surface area contributed by atoms with Crippen molar-refractivity contribution in [3.05, 3.63) is 65.5 Å². The topological polar surface area (TPSA) is 12.0 Å². The molecule has 0 aliphatic carbocycles. The highest BCUT2D eigenvalue weighted by molar-refractivity contribution is 7.81. The molecule has 3 heteroatoms. The van der Waals surface area contributed by atoms with Gasteiger partial charge in [-0.3, -0.25) is 0 Å². The van der Waals surface area contributed by atoms with Crippen LogP contribution in [0.3, 0.4) is 0 Å². The molecule has 0 saturated heterocycles. The number of nitrogens with one attached hydrogen (secondary N) is 1. The fourth-order valence-corrected chi connectivity index (χ4v) is 1.71. The fourth-order valence-electron chi connectivity index (χ4n) is 1.47. The van der Waals surface area contributed by atoms with Crippen LogP contribution >= 0.6 is 12.2 Å². The van der Waals surface area contributed by atoms with Crippen LogP contribution in [0.2, 0.25) is 0 Å². The van der Waals surface area contributed by atoms with E-state index in [0.717, 1.165) is 5.69 Å². The number of hydrogen-bond donors (Lipinski definition) is 1. The zero-order valence-corrected chi connectivity index (χ0v) is 10.2. The van der Waals surface area contributed by atoms with E-state index < -0.39 is 0 Å². The first kappa shape index (κ1) is 11.7. The number of halogens is 1. The Labute approximate surface area is 105 Å². The summed E-state index contributed by atoms with van der Waals surface area (Å²) in [6, 6.07) is 14.1. The van der Waals surface area contributed by atoms with Crippen molar-refractivity contribution in [3.8, 4) is 0 Å². The Balaban J connectivity index is 2.14. The first-order chi connectivity index (χ1) is 8.15. The van der Waals surface area contributed by atoms with E-state index in [-0.39, 0.29) is 5.82 Å². The van der Waals surface area contributed by atoms with E-state index in [4.69, 9.17) is 12.2 Å². The lowest BCUT2D eigenvalue weighted by molar-refractivity contribution is 0.627. The summed E-state index contributed by atoms with van der Waals surface area (Å²) in [7, 11) is 0. The van der Waals surface area contributed by atoms with Crippen molar-refractivity contribution in [1.29, 1.82) is 0 Å². The van der Waals surface area contributed by atoms with Crippen molar-refractivity contribution in [1.82, 2.24) is 0 Å². The number of thiocarbonyl (C=S) groups is 1. The number of aryl methyl sites for hydroxylation is 1. The minimum Gasteiger partial charge on any atom is -0.346 e. The van der Waals surface area contributed by atoms with E-state index in [1.165, 1.54) is 17.7 Å². The summed E-state index contributed by atoms with van der Waals surface area (Å²) >= 11 is 5.22. The summed E-state index contributed by atoms with van der Waals surface area (Å²) in [6.07, 6.45) is 0. The Morgan fingerprint density at radius 2 is 1.82 bits per heavy atom. The van der Waals surface area contributed by atoms with Crippen LogP contribution in [0.4, 0.5) is 10.1 Å². The highest BCUT2D eigenvalue weighted by Crippen LogP contribution is 2.12. The van der Waals surface area contributed by atoms with Gasteiger partial charge in [-0.05, 0) is 31.2 Å². The number of hydrogen-bond acceptors (Lipinski definition) is 1. The molecule has 0 radical (unpaired) electrons. The van der Waals surface area contributed by atoms with Crippen LogP contribution in [-0.4, -0.2) is 4.99 Å². The number of benzene rings is 2. The molecule has 1 nitrogen and oxygen atoms in total. The minimum atomic E-state index is -0.282. The van der Waals surface area contributed by atoms with Gasteiger partial charge in [0.1, 0.15) is 10.8 Å². The van der Waals surface area contributed by atoms with Crippen LogP contribution in [0, 0.1) is 12.7 Å². The fraction of sp³-hybridized carbons (Fsp3) is 0.0714. The molecule has 0 atom stereocenters. The monoisotopic (exact) mass is 245 g/mol. The third-order valence-electron chi connectivity index (χ3n) is 2.40. The average molecular weight is 245 g/mol. The van der Waals surface area contributed by atoms with Crippen LogP contribution in [0.1, 0.15) is 11.1 Å². The molecule has 2 aromatic rings. The van der Waals surface area contributed by atoms with Gasteiger partial charge in [-0.2, -0.15) is 0 Å². The van der Waals surface area contributed by atoms with Gasteiger partial charge >= 0.3 is 0 Å². The molecule has 0 amide bonds. The summed E-state index contributed by atoms with van der Waals surface area (Å²) in [5.41, 5.74) is 2.78. The maximum absolute atomic E-state index is 13.0. The highest BCUT2D eigenvalue weighted by Gasteiger charge is 2.02. The summed E-state index contributed by atoms with van der Waals surface area (Å²) in [4.78, 5) is 0.522. The molecule has 0 fully saturated rings. The summed E-state index contributed by atoms with van der Waals surface area (Å²) in [5.74, 6) is -0.282. The summed E-state index contributed by atoms with van der Waals surface area (Å²) < 4.78 is 13.0. The Kier molecular flexibility index (Phi) is 3.49. The smallest absolute Gasteiger partial charge is 0.123 e. The third kappa shape index (κ3) is 3.11. The maximum Gasteiger partial charge on any atom is 0.123 e. The lowest BCUT2D eigenvalue weighted by atomic mass is 10.2. The van der Waals surface area contributed by atoms with E-state index in [2.05, 4.69) is 5.32 Å². The van der Waals surface area contributed by atoms with Crippen molar-refractivity contribution in [2.75, 3.05) is 5.32 Å². The van der Waals surface area contributed by atoms with Crippen molar-refractivity contribution in [3.63, 3.8) is 0 Å². The minimum absolute atomic E-state index is 0.282. The second-order valence-corrected chi connectivity index (χ2v) is 4.24. The molecule has 0 aromatic heterocycles. The van der Waals surface area contributed by atoms with E-state index in [9.17, 15) is 4.39 Å². The van der Waals surface area contributed by atoms with Gasteiger partial charge in [0.25, 0.3) is 0 Å². The van der Waals surface area contributed by atoms with E-state index in [0.29, 0.717) is 10.6 Å². The van der Waals surface area contributed by atoms with Crippen molar-refractivity contribution in [2.24, 2.45) is 0 Å². The van der Waals surface area contributed by atoms with Gasteiger partial charge in [0.05, 0.1) is 0 Å². The predicted octanol–water partition coefficient (Wildman–Crippen LogP) is 3.92. The first-order valence-corrected chi connectivity index (χ1v) is 5.69. The maximum atomic E-state index is 13.0. The van der Waals surface area contributed by atoms with E-state index in [1.807, 2.05) is 31.2 Å². The Morgan fingerprint density at radius 1 is 1.12 bits per heavy atom. The van der Waals surface area contributed by atoms with Crippen LogP contribution in [0.5, 0.6) is 0 Å². The van der Waals surface area contributed by atoms with Gasteiger partial charge in [0.15, 0.2) is 0 Å². The van der Waals surface area contributed by atoms with Gasteiger partial charge in [-0.15, -0.1) is 0 Å². The number of rotatable bonds is 2. The molecule has 1 N–H and O–H groups in total. The van der Waals surface area contributed by atoms with Gasteiger partial charge in [-0.1, -0.05) is 42.0 Å². The zero-order valence-electron chi connectivity index (χ0n) is 9.41. The van der Waals surface area contributed by atoms with Crippen LogP contribution in [0.15, 0.2) is 48.5 Å². The van der Waals surface area contributed by atoms with Crippen LogP contribution in [0.25, 0.3) is 0 Å². The van der Waals surface area contributed by atoms with Gasteiger partial charge in [0.2, 0.25) is 0 Å². The summed E-state index contributed by atoms with van der Waals surface area (Å²) in [6.45, 7) is 2.02. The molecule has 17 heavy (non-hydrogen) atoms. The molecule has 0 bridgehead atoms. The van der Waals surface area contributed by atoms with Crippen molar-refractivity contribution in [2.45, 2.75) is 6.92 Å². The molecule has 2 aromatic carbocycles. The highest BCUT2D eigenvalue weighted by atomic mass is 32.1. The Morgan fingerprint density at radius 3 is 2.47 bits per heavy atom. The SMILES string of the molecule is Cc1ccc(NC(=S)c2cccc(F)c2)cc1. The number of anilines is 1. The second kappa shape index (κ2) is 5.06. The average Bonchev–Trinajstić information content (AvgIpc) is 2.32. The predicted molar refractivity (Wildman–Crippen MR) is 72.9 cm³/mol. The Bertz CT molecular complexity index is 534. The lowest BCUT2D eigenvalue weighted by Crippen LogP contribution is -2.10. The molecule has 0 heterocycles. The van der Waals surface area contributed by atoms with Gasteiger partial charge in [-0.25, -0.2) is 4.39 Å². The molecule has 0 spiro atoms. The second-order valence-electron chi connectivity index (χ2n) is 3.83. The van der Waals surface area contributed by atoms with Crippen LogP contribution < -0.4 is 5.32 Å². The normalized spacial score (nSPS) is 10.0. The van der Waals surface area contributed by atoms with Crippen LogP contribution in [-0.2, 0) is 0 Å².